The lowest BCUT2D eigenvalue weighted by Gasteiger charge is -2.26. The van der Waals surface area contributed by atoms with Gasteiger partial charge in [0.05, 0.1) is 28.8 Å². The van der Waals surface area contributed by atoms with Crippen molar-refractivity contribution >= 4 is 39.5 Å². The molecule has 24 heavy (non-hydrogen) atoms. The van der Waals surface area contributed by atoms with Crippen LogP contribution in [-0.2, 0) is 4.74 Å². The molecule has 3 heterocycles. The molecular formula is C14H14BrN5O4. The lowest BCUT2D eigenvalue weighted by Crippen LogP contribution is -2.36. The normalized spacial score (nSPS) is 15.0. The third kappa shape index (κ3) is 3.89. The van der Waals surface area contributed by atoms with Crippen LogP contribution in [0.15, 0.2) is 38.4 Å². The van der Waals surface area contributed by atoms with Crippen molar-refractivity contribution in [3.63, 3.8) is 0 Å². The zero-order valence-electron chi connectivity index (χ0n) is 12.5. The standard InChI is InChI=1S/C14H14BrN5O4/c15-12-7-11(24-14(12)19-3-5-23-6-4-19)9-17-18-13-2-1-10(8-16-13)20(21)22/h1-2,7-9H,3-6H2,(H,16,18)/b17-9-. The number of ether oxygens (including phenoxy) is 1. The van der Waals surface area contributed by atoms with E-state index < -0.39 is 4.92 Å². The number of nitrogens with zero attached hydrogens (tertiary/aromatic N) is 4. The summed E-state index contributed by atoms with van der Waals surface area (Å²) in [6, 6.07) is 4.65. The monoisotopic (exact) mass is 395 g/mol. The molecule has 10 heteroatoms. The van der Waals surface area contributed by atoms with E-state index in [0.29, 0.717) is 24.8 Å². The van der Waals surface area contributed by atoms with Crippen molar-refractivity contribution < 1.29 is 14.1 Å². The first-order valence-electron chi connectivity index (χ1n) is 7.15. The van der Waals surface area contributed by atoms with E-state index >= 15 is 0 Å². The van der Waals surface area contributed by atoms with E-state index in [0.717, 1.165) is 29.6 Å². The molecule has 1 saturated heterocycles. The SMILES string of the molecule is O=[N+]([O-])c1ccc(N/N=C\c2cc(Br)c(N3CCOCC3)o2)nc1. The van der Waals surface area contributed by atoms with Gasteiger partial charge in [0.15, 0.2) is 5.76 Å². The van der Waals surface area contributed by atoms with Gasteiger partial charge in [-0.2, -0.15) is 5.10 Å². The molecular weight excluding hydrogens is 382 g/mol. The van der Waals surface area contributed by atoms with E-state index in [-0.39, 0.29) is 5.69 Å². The molecule has 1 N–H and O–H groups in total. The second-order valence-electron chi connectivity index (χ2n) is 4.93. The maximum atomic E-state index is 10.6. The Morgan fingerprint density at radius 2 is 2.21 bits per heavy atom. The van der Waals surface area contributed by atoms with Crippen molar-refractivity contribution in [1.29, 1.82) is 0 Å². The molecule has 0 atom stereocenters. The number of nitrogens with one attached hydrogen (secondary N) is 1. The maximum Gasteiger partial charge on any atom is 0.287 e. The Morgan fingerprint density at radius 1 is 1.42 bits per heavy atom. The highest BCUT2D eigenvalue weighted by Gasteiger charge is 2.18. The number of hydrazone groups is 1. The average molecular weight is 396 g/mol. The summed E-state index contributed by atoms with van der Waals surface area (Å²) in [5.74, 6) is 1.71. The van der Waals surface area contributed by atoms with Crippen LogP contribution in [0, 0.1) is 10.1 Å². The highest BCUT2D eigenvalue weighted by Crippen LogP contribution is 2.30. The van der Waals surface area contributed by atoms with Crippen LogP contribution in [0.5, 0.6) is 0 Å². The minimum Gasteiger partial charge on any atom is -0.438 e. The smallest absolute Gasteiger partial charge is 0.287 e. The van der Waals surface area contributed by atoms with E-state index in [2.05, 4.69) is 36.3 Å². The molecule has 0 bridgehead atoms. The zero-order valence-corrected chi connectivity index (χ0v) is 14.1. The Hall–Kier alpha value is -2.46. The lowest BCUT2D eigenvalue weighted by molar-refractivity contribution is -0.385. The van der Waals surface area contributed by atoms with Gasteiger partial charge in [0, 0.05) is 25.2 Å². The highest BCUT2D eigenvalue weighted by molar-refractivity contribution is 9.10. The third-order valence-corrected chi connectivity index (χ3v) is 3.88. The molecule has 126 valence electrons. The second-order valence-corrected chi connectivity index (χ2v) is 5.78. The molecule has 2 aromatic heterocycles. The van der Waals surface area contributed by atoms with Gasteiger partial charge in [-0.3, -0.25) is 15.5 Å². The molecule has 1 aliphatic heterocycles. The number of pyridine rings is 1. The van der Waals surface area contributed by atoms with Gasteiger partial charge in [0.25, 0.3) is 5.69 Å². The highest BCUT2D eigenvalue weighted by atomic mass is 79.9. The Morgan fingerprint density at radius 3 is 2.88 bits per heavy atom. The van der Waals surface area contributed by atoms with Crippen molar-refractivity contribution in [3.05, 3.63) is 44.7 Å². The number of halogens is 1. The minimum absolute atomic E-state index is 0.0744. The van der Waals surface area contributed by atoms with Gasteiger partial charge in [-0.25, -0.2) is 4.98 Å². The van der Waals surface area contributed by atoms with Crippen LogP contribution in [0.2, 0.25) is 0 Å². The topological polar surface area (TPSA) is 106 Å². The van der Waals surface area contributed by atoms with Crippen molar-refractivity contribution in [3.8, 4) is 0 Å². The van der Waals surface area contributed by atoms with E-state index in [9.17, 15) is 10.1 Å². The number of nitro groups is 1. The quantitative estimate of drug-likeness (QED) is 0.471. The van der Waals surface area contributed by atoms with Crippen LogP contribution >= 0.6 is 15.9 Å². The predicted molar refractivity (Wildman–Crippen MR) is 91.5 cm³/mol. The number of rotatable bonds is 5. The summed E-state index contributed by atoms with van der Waals surface area (Å²) in [5.41, 5.74) is 2.62. The fraction of sp³-hybridized carbons (Fsp3) is 0.286. The Balaban J connectivity index is 1.63. The zero-order chi connectivity index (χ0) is 16.9. The van der Waals surface area contributed by atoms with Gasteiger partial charge in [-0.1, -0.05) is 0 Å². The molecule has 3 rings (SSSR count). The average Bonchev–Trinajstić information content (AvgIpc) is 2.97. The van der Waals surface area contributed by atoms with E-state index in [1.807, 2.05) is 6.07 Å². The molecule has 1 aliphatic rings. The number of morpholine rings is 1. The summed E-state index contributed by atoms with van der Waals surface area (Å²) in [4.78, 5) is 16.0. The van der Waals surface area contributed by atoms with Crippen molar-refractivity contribution in [2.75, 3.05) is 36.6 Å². The first-order valence-corrected chi connectivity index (χ1v) is 7.94. The molecule has 0 unspecified atom stereocenters. The Kier molecular flexibility index (Phi) is 5.06. The van der Waals surface area contributed by atoms with Crippen LogP contribution in [-0.4, -0.2) is 42.4 Å². The molecule has 2 aromatic rings. The summed E-state index contributed by atoms with van der Waals surface area (Å²) >= 11 is 3.48. The van der Waals surface area contributed by atoms with E-state index in [4.69, 9.17) is 9.15 Å². The van der Waals surface area contributed by atoms with Crippen molar-refractivity contribution in [1.82, 2.24) is 4.98 Å². The van der Waals surface area contributed by atoms with Gasteiger partial charge in [0.2, 0.25) is 5.88 Å². The molecule has 0 aliphatic carbocycles. The molecule has 0 radical (unpaired) electrons. The van der Waals surface area contributed by atoms with Gasteiger partial charge in [-0.05, 0) is 22.0 Å². The molecule has 0 spiro atoms. The molecule has 0 amide bonds. The number of hydrogen-bond acceptors (Lipinski definition) is 8. The fourth-order valence-electron chi connectivity index (χ4n) is 2.14. The summed E-state index contributed by atoms with van der Waals surface area (Å²) in [6.07, 6.45) is 2.68. The van der Waals surface area contributed by atoms with Gasteiger partial charge < -0.3 is 14.1 Å². The lowest BCUT2D eigenvalue weighted by atomic mass is 10.4. The van der Waals surface area contributed by atoms with Crippen molar-refractivity contribution in [2.45, 2.75) is 0 Å². The fourth-order valence-corrected chi connectivity index (χ4v) is 2.70. The summed E-state index contributed by atoms with van der Waals surface area (Å²) < 4.78 is 11.9. The van der Waals surface area contributed by atoms with Crippen LogP contribution in [0.25, 0.3) is 0 Å². The van der Waals surface area contributed by atoms with Crippen LogP contribution in [0.4, 0.5) is 17.4 Å². The summed E-state index contributed by atoms with van der Waals surface area (Å²) in [6.45, 7) is 2.88. The number of furan rings is 1. The summed E-state index contributed by atoms with van der Waals surface area (Å²) in [7, 11) is 0. The van der Waals surface area contributed by atoms with E-state index in [1.165, 1.54) is 18.3 Å². The number of aromatic nitrogens is 1. The van der Waals surface area contributed by atoms with Crippen molar-refractivity contribution in [2.24, 2.45) is 5.10 Å². The second kappa shape index (κ2) is 7.41. The van der Waals surface area contributed by atoms with Gasteiger partial charge in [0.1, 0.15) is 12.0 Å². The first kappa shape index (κ1) is 16.4. The van der Waals surface area contributed by atoms with Crippen LogP contribution in [0.3, 0.4) is 0 Å². The Bertz CT molecular complexity index is 740. The molecule has 0 aromatic carbocycles. The number of hydrogen-bond donors (Lipinski definition) is 1. The molecule has 9 nitrogen and oxygen atoms in total. The maximum absolute atomic E-state index is 10.6. The number of anilines is 2. The largest absolute Gasteiger partial charge is 0.438 e. The van der Waals surface area contributed by atoms with Gasteiger partial charge >= 0.3 is 0 Å². The predicted octanol–water partition coefficient (Wildman–Crippen LogP) is 2.63. The molecule has 0 saturated carbocycles. The third-order valence-electron chi connectivity index (χ3n) is 3.32. The minimum atomic E-state index is -0.506. The first-order chi connectivity index (χ1) is 11.6. The van der Waals surface area contributed by atoms with E-state index in [1.54, 1.807) is 0 Å². The van der Waals surface area contributed by atoms with Gasteiger partial charge in [-0.15, -0.1) is 0 Å². The van der Waals surface area contributed by atoms with Crippen LogP contribution < -0.4 is 10.3 Å². The molecule has 1 fully saturated rings. The Labute approximate surface area is 145 Å². The summed E-state index contributed by atoms with van der Waals surface area (Å²) in [5, 5.41) is 14.6. The van der Waals surface area contributed by atoms with Crippen LogP contribution in [0.1, 0.15) is 5.76 Å².